The molecule has 33 heavy (non-hydrogen) atoms. The van der Waals surface area contributed by atoms with Crippen molar-refractivity contribution < 1.29 is 19.1 Å². The van der Waals surface area contributed by atoms with Crippen molar-refractivity contribution in [2.24, 2.45) is 7.05 Å². The average Bonchev–Trinajstić information content (AvgIpc) is 3.46. The predicted octanol–water partition coefficient (Wildman–Crippen LogP) is 2.72. The fourth-order valence-corrected chi connectivity index (χ4v) is 4.03. The summed E-state index contributed by atoms with van der Waals surface area (Å²) in [5.74, 6) is -0.489. The molecule has 1 aliphatic carbocycles. The van der Waals surface area contributed by atoms with E-state index in [0.29, 0.717) is 17.7 Å². The van der Waals surface area contributed by atoms with E-state index in [1.54, 1.807) is 41.3 Å². The number of methoxy groups -OCH3 is 1. The quantitative estimate of drug-likeness (QED) is 0.532. The zero-order valence-electron chi connectivity index (χ0n) is 18.7. The van der Waals surface area contributed by atoms with Crippen LogP contribution in [-0.2, 0) is 23.1 Å². The molecule has 2 heterocycles. The highest BCUT2D eigenvalue weighted by atomic mass is 16.5. The van der Waals surface area contributed by atoms with E-state index in [1.807, 2.05) is 19.3 Å². The van der Waals surface area contributed by atoms with Gasteiger partial charge in [0.05, 0.1) is 43.2 Å². The van der Waals surface area contributed by atoms with Crippen molar-refractivity contribution >= 4 is 17.7 Å². The van der Waals surface area contributed by atoms with Crippen molar-refractivity contribution in [1.82, 2.24) is 20.1 Å². The fourth-order valence-electron chi connectivity index (χ4n) is 4.03. The monoisotopic (exact) mass is 449 g/mol. The third kappa shape index (κ3) is 5.20. The summed E-state index contributed by atoms with van der Waals surface area (Å²) in [5, 5.41) is 7.23. The Kier molecular flexibility index (Phi) is 6.69. The Balaban J connectivity index is 1.41. The molecule has 2 atom stereocenters. The Morgan fingerprint density at radius 1 is 1.21 bits per heavy atom. The van der Waals surface area contributed by atoms with Crippen molar-refractivity contribution in [1.29, 1.82) is 0 Å². The molecule has 1 fully saturated rings. The summed E-state index contributed by atoms with van der Waals surface area (Å²) >= 11 is 0. The van der Waals surface area contributed by atoms with Gasteiger partial charge < -0.3 is 20.5 Å². The Hall–Kier alpha value is -3.72. The second-order valence-corrected chi connectivity index (χ2v) is 8.11. The molecule has 0 bridgehead atoms. The number of nitrogens with two attached hydrogens (primary N) is 1. The van der Waals surface area contributed by atoms with Gasteiger partial charge in [-0.25, -0.2) is 9.78 Å². The standard InChI is InChI=1S/C24H27N5O4/c1-29-13-18(12-27-29)17-10-19(22(25)26-11-17)23(30)28-20-7-4-8-21(20)33-14-15-5-3-6-16(9-15)24(31)32-2/h3,5-6,9-13,20-21H,4,7-8,14H2,1-2H3,(H2,25,26)(H,28,30)/t20-,21-/m0/s1. The van der Waals surface area contributed by atoms with Crippen molar-refractivity contribution in [3.05, 3.63) is 65.6 Å². The molecule has 3 N–H and O–H groups in total. The number of nitrogens with one attached hydrogen (secondary N) is 1. The van der Waals surface area contributed by atoms with Crippen LogP contribution in [0, 0.1) is 0 Å². The van der Waals surface area contributed by atoms with E-state index >= 15 is 0 Å². The maximum atomic E-state index is 13.0. The number of esters is 1. The van der Waals surface area contributed by atoms with Crippen LogP contribution in [0.2, 0.25) is 0 Å². The van der Waals surface area contributed by atoms with Crippen LogP contribution in [-0.4, -0.2) is 45.9 Å². The normalized spacial score (nSPS) is 17.6. The molecule has 4 rings (SSSR count). The molecule has 1 amide bonds. The van der Waals surface area contributed by atoms with Gasteiger partial charge in [0.2, 0.25) is 0 Å². The van der Waals surface area contributed by atoms with Crippen molar-refractivity contribution in [3.63, 3.8) is 0 Å². The molecule has 0 unspecified atom stereocenters. The molecule has 9 heteroatoms. The van der Waals surface area contributed by atoms with Crippen LogP contribution in [0.4, 0.5) is 5.82 Å². The molecule has 2 aromatic heterocycles. The zero-order valence-corrected chi connectivity index (χ0v) is 18.7. The van der Waals surface area contributed by atoms with Crippen LogP contribution in [0.25, 0.3) is 11.1 Å². The molecule has 0 radical (unpaired) electrons. The Morgan fingerprint density at radius 3 is 2.82 bits per heavy atom. The van der Waals surface area contributed by atoms with Crippen LogP contribution in [0.3, 0.4) is 0 Å². The molecular weight excluding hydrogens is 422 g/mol. The van der Waals surface area contributed by atoms with E-state index in [9.17, 15) is 9.59 Å². The number of rotatable bonds is 7. The Bertz CT molecular complexity index is 1160. The molecule has 3 aromatic rings. The minimum Gasteiger partial charge on any atom is -0.465 e. The van der Waals surface area contributed by atoms with Gasteiger partial charge in [0, 0.05) is 30.6 Å². The van der Waals surface area contributed by atoms with Gasteiger partial charge in [0.25, 0.3) is 5.91 Å². The number of nitrogens with zero attached hydrogens (tertiary/aromatic N) is 3. The van der Waals surface area contributed by atoms with Gasteiger partial charge in [-0.05, 0) is 43.0 Å². The van der Waals surface area contributed by atoms with E-state index in [1.165, 1.54) is 7.11 Å². The lowest BCUT2D eigenvalue weighted by Crippen LogP contribution is -2.41. The number of carbonyl (C=O) groups excluding carboxylic acids is 2. The van der Waals surface area contributed by atoms with Crippen LogP contribution in [0.5, 0.6) is 0 Å². The number of pyridine rings is 1. The minimum atomic E-state index is -0.387. The molecule has 0 aliphatic heterocycles. The second-order valence-electron chi connectivity index (χ2n) is 8.11. The van der Waals surface area contributed by atoms with Crippen LogP contribution in [0.1, 0.15) is 45.5 Å². The summed E-state index contributed by atoms with van der Waals surface area (Å²) in [6.45, 7) is 0.335. The largest absolute Gasteiger partial charge is 0.465 e. The van der Waals surface area contributed by atoms with Gasteiger partial charge in [-0.1, -0.05) is 12.1 Å². The Labute approximate surface area is 191 Å². The summed E-state index contributed by atoms with van der Waals surface area (Å²) < 4.78 is 12.6. The summed E-state index contributed by atoms with van der Waals surface area (Å²) in [5.41, 5.74) is 9.31. The molecule has 1 aliphatic rings. The first kappa shape index (κ1) is 22.5. The first-order valence-electron chi connectivity index (χ1n) is 10.8. The third-order valence-electron chi connectivity index (χ3n) is 5.78. The fraction of sp³-hybridized carbons (Fsp3) is 0.333. The van der Waals surface area contributed by atoms with Crippen molar-refractivity contribution in [2.45, 2.75) is 38.0 Å². The van der Waals surface area contributed by atoms with Gasteiger partial charge in [0.15, 0.2) is 0 Å². The van der Waals surface area contributed by atoms with E-state index in [-0.39, 0.29) is 29.8 Å². The smallest absolute Gasteiger partial charge is 0.337 e. The molecule has 1 aromatic carbocycles. The lowest BCUT2D eigenvalue weighted by molar-refractivity contribution is 0.0271. The van der Waals surface area contributed by atoms with Gasteiger partial charge >= 0.3 is 5.97 Å². The van der Waals surface area contributed by atoms with E-state index < -0.39 is 0 Å². The number of amides is 1. The van der Waals surface area contributed by atoms with Gasteiger partial charge in [-0.15, -0.1) is 0 Å². The van der Waals surface area contributed by atoms with Crippen molar-refractivity contribution in [2.75, 3.05) is 12.8 Å². The summed E-state index contributed by atoms with van der Waals surface area (Å²) in [6, 6.07) is 8.74. The summed E-state index contributed by atoms with van der Waals surface area (Å²) in [4.78, 5) is 29.0. The molecule has 0 saturated heterocycles. The predicted molar refractivity (Wildman–Crippen MR) is 122 cm³/mol. The number of aryl methyl sites for hydroxylation is 1. The number of aromatic nitrogens is 3. The molecule has 9 nitrogen and oxygen atoms in total. The first-order chi connectivity index (χ1) is 15.9. The molecular formula is C24H27N5O4. The maximum absolute atomic E-state index is 13.0. The number of hydrogen-bond acceptors (Lipinski definition) is 7. The molecule has 1 saturated carbocycles. The summed E-state index contributed by atoms with van der Waals surface area (Å²) in [7, 11) is 3.18. The van der Waals surface area contributed by atoms with E-state index in [2.05, 4.69) is 15.4 Å². The van der Waals surface area contributed by atoms with Crippen LogP contribution in [0.15, 0.2) is 48.9 Å². The highest BCUT2D eigenvalue weighted by Gasteiger charge is 2.30. The number of hydrogen-bond donors (Lipinski definition) is 2. The number of benzene rings is 1. The number of nitrogen functional groups attached to an aromatic ring is 1. The lowest BCUT2D eigenvalue weighted by atomic mass is 10.1. The van der Waals surface area contributed by atoms with E-state index in [0.717, 1.165) is 36.0 Å². The van der Waals surface area contributed by atoms with Gasteiger partial charge in [-0.2, -0.15) is 5.10 Å². The molecule has 0 spiro atoms. The summed E-state index contributed by atoms with van der Waals surface area (Å²) in [6.07, 6.45) is 7.66. The molecule has 172 valence electrons. The van der Waals surface area contributed by atoms with Gasteiger partial charge in [0.1, 0.15) is 5.82 Å². The minimum absolute atomic E-state index is 0.133. The first-order valence-corrected chi connectivity index (χ1v) is 10.8. The zero-order chi connectivity index (χ0) is 23.4. The van der Waals surface area contributed by atoms with Crippen LogP contribution >= 0.6 is 0 Å². The topological polar surface area (TPSA) is 121 Å². The van der Waals surface area contributed by atoms with Gasteiger partial charge in [-0.3, -0.25) is 9.48 Å². The number of anilines is 1. The van der Waals surface area contributed by atoms with Crippen LogP contribution < -0.4 is 11.1 Å². The Morgan fingerprint density at radius 2 is 2.06 bits per heavy atom. The highest BCUT2D eigenvalue weighted by Crippen LogP contribution is 2.26. The second kappa shape index (κ2) is 9.83. The average molecular weight is 450 g/mol. The number of carbonyl (C=O) groups is 2. The number of ether oxygens (including phenoxy) is 2. The SMILES string of the molecule is COC(=O)c1cccc(CO[C@H]2CCC[C@@H]2NC(=O)c2cc(-c3cnn(C)c3)cnc2N)c1. The maximum Gasteiger partial charge on any atom is 0.337 e. The van der Waals surface area contributed by atoms with Crippen molar-refractivity contribution in [3.8, 4) is 11.1 Å². The van der Waals surface area contributed by atoms with E-state index in [4.69, 9.17) is 15.2 Å². The lowest BCUT2D eigenvalue weighted by Gasteiger charge is -2.22. The third-order valence-corrected chi connectivity index (χ3v) is 5.78. The highest BCUT2D eigenvalue weighted by molar-refractivity contribution is 5.99.